The van der Waals surface area contributed by atoms with Crippen molar-refractivity contribution in [3.8, 4) is 0 Å². The highest BCUT2D eigenvalue weighted by Crippen LogP contribution is 2.34. The zero-order valence-electron chi connectivity index (χ0n) is 16.3. The number of para-hydroxylation sites is 1. The average Bonchev–Trinajstić information content (AvgIpc) is 3.38. The first-order valence-corrected chi connectivity index (χ1v) is 10.7. The molecule has 9 heteroatoms. The third-order valence-electron chi connectivity index (χ3n) is 6.33. The normalized spacial score (nSPS) is 21.8. The maximum Gasteiger partial charge on any atom is 0.342 e. The van der Waals surface area contributed by atoms with E-state index in [1.807, 2.05) is 24.3 Å². The molecule has 0 aliphatic carbocycles. The Morgan fingerprint density at radius 3 is 2.63 bits per heavy atom. The van der Waals surface area contributed by atoms with Crippen molar-refractivity contribution in [2.24, 2.45) is 11.8 Å². The summed E-state index contributed by atoms with van der Waals surface area (Å²) in [5, 5.41) is 9.72. The van der Waals surface area contributed by atoms with Crippen LogP contribution in [0.15, 0.2) is 35.3 Å². The summed E-state index contributed by atoms with van der Waals surface area (Å²) >= 11 is 1.29. The van der Waals surface area contributed by atoms with Crippen LogP contribution in [0.2, 0.25) is 0 Å². The molecule has 0 bridgehead atoms. The number of anilines is 1. The van der Waals surface area contributed by atoms with Gasteiger partial charge in [0.15, 0.2) is 11.2 Å². The Balaban J connectivity index is 1.60. The van der Waals surface area contributed by atoms with Gasteiger partial charge in [-0.25, -0.2) is 14.8 Å². The summed E-state index contributed by atoms with van der Waals surface area (Å²) in [6.07, 6.45) is 1.61. The molecule has 2 saturated heterocycles. The van der Waals surface area contributed by atoms with Gasteiger partial charge in [-0.2, -0.15) is 0 Å². The lowest BCUT2D eigenvalue weighted by Crippen LogP contribution is -2.28. The first-order valence-electron chi connectivity index (χ1n) is 9.91. The van der Waals surface area contributed by atoms with Crippen molar-refractivity contribution >= 4 is 49.3 Å². The van der Waals surface area contributed by atoms with Crippen LogP contribution in [0.25, 0.3) is 26.2 Å². The summed E-state index contributed by atoms with van der Waals surface area (Å²) in [7, 11) is 2.16. The van der Waals surface area contributed by atoms with Crippen LogP contribution in [0, 0.1) is 11.8 Å². The summed E-state index contributed by atoms with van der Waals surface area (Å²) in [6.45, 7) is 4.02. The van der Waals surface area contributed by atoms with E-state index in [0.717, 1.165) is 42.2 Å². The van der Waals surface area contributed by atoms with E-state index in [-0.39, 0.29) is 11.1 Å². The Morgan fingerprint density at radius 1 is 1.17 bits per heavy atom. The van der Waals surface area contributed by atoms with Gasteiger partial charge in [0, 0.05) is 26.2 Å². The number of carbonyl (C=O) groups is 1. The molecule has 0 saturated carbocycles. The van der Waals surface area contributed by atoms with Gasteiger partial charge in [0.2, 0.25) is 5.43 Å². The number of carboxylic acid groups (broad SMARTS) is 1. The third-order valence-corrected chi connectivity index (χ3v) is 7.48. The second kappa shape index (κ2) is 6.23. The number of likely N-dealkylation sites (tertiary alicyclic amines) is 1. The zero-order valence-corrected chi connectivity index (χ0v) is 17.1. The monoisotopic (exact) mass is 421 g/mol. The molecular weight excluding hydrogens is 402 g/mol. The molecule has 2 unspecified atom stereocenters. The van der Waals surface area contributed by atoms with Crippen molar-refractivity contribution in [1.82, 2.24) is 19.3 Å². The van der Waals surface area contributed by atoms with Gasteiger partial charge in [-0.3, -0.25) is 9.20 Å². The molecule has 1 aromatic carbocycles. The highest BCUT2D eigenvalue weighted by molar-refractivity contribution is 7.24. The fraction of sp³-hybridized carbons (Fsp3) is 0.333. The number of pyridine rings is 1. The molecule has 30 heavy (non-hydrogen) atoms. The van der Waals surface area contributed by atoms with Crippen molar-refractivity contribution < 1.29 is 9.90 Å². The fourth-order valence-corrected chi connectivity index (χ4v) is 6.20. The molecule has 6 rings (SSSR count). The molecule has 2 fully saturated rings. The Labute approximate surface area is 175 Å². The third kappa shape index (κ3) is 2.42. The number of benzene rings is 1. The minimum atomic E-state index is -1.24. The largest absolute Gasteiger partial charge is 0.477 e. The van der Waals surface area contributed by atoms with E-state index in [1.165, 1.54) is 11.3 Å². The highest BCUT2D eigenvalue weighted by atomic mass is 32.1. The number of rotatable bonds is 2. The van der Waals surface area contributed by atoms with Gasteiger partial charge in [0.1, 0.15) is 16.2 Å². The maximum absolute atomic E-state index is 13.0. The predicted octanol–water partition coefficient (Wildman–Crippen LogP) is 2.15. The second-order valence-electron chi connectivity index (χ2n) is 8.27. The van der Waals surface area contributed by atoms with Crippen LogP contribution in [-0.2, 0) is 0 Å². The second-order valence-corrected chi connectivity index (χ2v) is 9.30. The smallest absolute Gasteiger partial charge is 0.342 e. The van der Waals surface area contributed by atoms with Crippen LogP contribution in [0.3, 0.4) is 0 Å². The summed E-state index contributed by atoms with van der Waals surface area (Å²) in [4.78, 5) is 39.1. The maximum atomic E-state index is 13.0. The van der Waals surface area contributed by atoms with Crippen molar-refractivity contribution in [3.05, 3.63) is 46.2 Å². The van der Waals surface area contributed by atoms with Crippen LogP contribution in [0.4, 0.5) is 5.82 Å². The molecule has 2 aliphatic heterocycles. The molecule has 152 valence electrons. The van der Waals surface area contributed by atoms with E-state index in [4.69, 9.17) is 4.98 Å². The molecule has 4 aromatic rings. The quantitative estimate of drug-likeness (QED) is 0.530. The van der Waals surface area contributed by atoms with Gasteiger partial charge in [-0.1, -0.05) is 12.1 Å². The molecule has 8 nitrogen and oxygen atoms in total. The van der Waals surface area contributed by atoms with Crippen LogP contribution in [-0.4, -0.2) is 63.6 Å². The van der Waals surface area contributed by atoms with Gasteiger partial charge in [-0.05, 0) is 31.0 Å². The number of aromatic carboxylic acids is 1. The standard InChI is InChI=1S/C21H19N5O3S/c1-24-7-11-9-25(10-12(11)8-24)15-6-22-17-18(27)16(21(28)29)20-26(19(17)23-15)13-4-2-3-5-14(13)30-20/h2-6,11-12H,7-10H2,1H3,(H,28,29). The number of hydrogen-bond donors (Lipinski definition) is 1. The Kier molecular flexibility index (Phi) is 3.69. The van der Waals surface area contributed by atoms with Gasteiger partial charge in [0.05, 0.1) is 16.4 Å². The van der Waals surface area contributed by atoms with E-state index >= 15 is 0 Å². The van der Waals surface area contributed by atoms with Gasteiger partial charge in [0.25, 0.3) is 0 Å². The molecule has 0 radical (unpaired) electrons. The van der Waals surface area contributed by atoms with Crippen molar-refractivity contribution in [3.63, 3.8) is 0 Å². The lowest BCUT2D eigenvalue weighted by molar-refractivity contribution is 0.0697. The van der Waals surface area contributed by atoms with Crippen molar-refractivity contribution in [1.29, 1.82) is 0 Å². The number of fused-ring (bicyclic) bond motifs is 6. The molecule has 5 heterocycles. The zero-order chi connectivity index (χ0) is 20.6. The Morgan fingerprint density at radius 2 is 1.90 bits per heavy atom. The summed E-state index contributed by atoms with van der Waals surface area (Å²) < 4.78 is 2.68. The minimum Gasteiger partial charge on any atom is -0.477 e. The number of aromatic nitrogens is 3. The molecule has 0 amide bonds. The lowest BCUT2D eigenvalue weighted by Gasteiger charge is -2.20. The molecular formula is C21H19N5O3S. The van der Waals surface area contributed by atoms with E-state index in [2.05, 4.69) is 21.8 Å². The minimum absolute atomic E-state index is 0.0938. The summed E-state index contributed by atoms with van der Waals surface area (Å²) in [5.74, 6) is 0.734. The fourth-order valence-electron chi connectivity index (χ4n) is 5.02. The number of hydrogen-bond acceptors (Lipinski definition) is 7. The summed E-state index contributed by atoms with van der Waals surface area (Å²) in [6, 6.07) is 7.63. The van der Waals surface area contributed by atoms with Gasteiger partial charge in [-0.15, -0.1) is 11.3 Å². The first kappa shape index (κ1) is 17.8. The van der Waals surface area contributed by atoms with Crippen LogP contribution >= 0.6 is 11.3 Å². The predicted molar refractivity (Wildman–Crippen MR) is 116 cm³/mol. The van der Waals surface area contributed by atoms with Crippen molar-refractivity contribution in [2.75, 3.05) is 38.1 Å². The molecule has 0 spiro atoms. The van der Waals surface area contributed by atoms with Crippen molar-refractivity contribution in [2.45, 2.75) is 0 Å². The molecule has 1 N–H and O–H groups in total. The Bertz CT molecular complexity index is 1400. The summed E-state index contributed by atoms with van der Waals surface area (Å²) in [5.41, 5.74) is 0.518. The van der Waals surface area contributed by atoms with E-state index < -0.39 is 11.4 Å². The molecule has 2 atom stereocenters. The Hall–Kier alpha value is -3.04. The van der Waals surface area contributed by atoms with E-state index in [0.29, 0.717) is 22.3 Å². The van der Waals surface area contributed by atoms with Gasteiger partial charge < -0.3 is 14.9 Å². The topological polar surface area (TPSA) is 91.0 Å². The van der Waals surface area contributed by atoms with E-state index in [9.17, 15) is 14.7 Å². The van der Waals surface area contributed by atoms with E-state index in [1.54, 1.807) is 10.6 Å². The van der Waals surface area contributed by atoms with Crippen LogP contribution < -0.4 is 10.3 Å². The molecule has 2 aliphatic rings. The number of thiazole rings is 1. The average molecular weight is 421 g/mol. The number of carboxylic acids is 1. The first-order chi connectivity index (χ1) is 14.5. The SMILES string of the molecule is CN1CC2CN(c3cnc4c(=O)c(C(=O)O)c5sc6ccccc6n5c4n3)CC2C1. The van der Waals surface area contributed by atoms with Gasteiger partial charge >= 0.3 is 5.97 Å². The van der Waals surface area contributed by atoms with Crippen LogP contribution in [0.1, 0.15) is 10.4 Å². The molecule has 3 aromatic heterocycles. The van der Waals surface area contributed by atoms with Crippen LogP contribution in [0.5, 0.6) is 0 Å². The highest BCUT2D eigenvalue weighted by Gasteiger charge is 2.39. The number of nitrogens with zero attached hydrogens (tertiary/aromatic N) is 5. The lowest BCUT2D eigenvalue weighted by atomic mass is 10.0.